The molecule has 1 nitrogen and oxygen atoms in total. The van der Waals surface area contributed by atoms with Crippen LogP contribution in [-0.2, 0) is 0 Å². The van der Waals surface area contributed by atoms with Crippen LogP contribution < -0.4 is 0 Å². The van der Waals surface area contributed by atoms with Gasteiger partial charge in [-0.3, -0.25) is 0 Å². The molecule has 0 amide bonds. The first kappa shape index (κ1) is 11.6. The summed E-state index contributed by atoms with van der Waals surface area (Å²) in [4.78, 5) is 0. The van der Waals surface area contributed by atoms with E-state index in [1.807, 2.05) is 0 Å². The van der Waals surface area contributed by atoms with Gasteiger partial charge >= 0.3 is 0 Å². The molecule has 0 fully saturated rings. The minimum atomic E-state index is -1.53. The van der Waals surface area contributed by atoms with Crippen molar-refractivity contribution in [1.29, 1.82) is 0 Å². The summed E-state index contributed by atoms with van der Waals surface area (Å²) in [5, 5.41) is 9.43. The van der Waals surface area contributed by atoms with Gasteiger partial charge in [-0.05, 0) is 24.6 Å². The minimum absolute atomic E-state index is 0.0193. The van der Waals surface area contributed by atoms with Crippen LogP contribution in [0.2, 0.25) is 0 Å². The van der Waals surface area contributed by atoms with Crippen molar-refractivity contribution in [1.82, 2.24) is 0 Å². The monoisotopic (exact) mass is 214 g/mol. The maximum Gasteiger partial charge on any atom is 0.194 e. The Labute approximate surface area is 85.5 Å². The average Bonchev–Trinajstić information content (AvgIpc) is 2.21. The number of rotatable bonds is 2. The maximum atomic E-state index is 12.8. The molecule has 0 radical (unpaired) electrons. The van der Waals surface area contributed by atoms with Gasteiger partial charge in [0.2, 0.25) is 0 Å². The van der Waals surface area contributed by atoms with E-state index in [0.717, 1.165) is 12.1 Å². The lowest BCUT2D eigenvalue weighted by Crippen LogP contribution is -2.00. The van der Waals surface area contributed by atoms with E-state index in [2.05, 4.69) is 11.8 Å². The number of hydrogen-bond acceptors (Lipinski definition) is 1. The lowest BCUT2D eigenvalue weighted by Gasteiger charge is -2.08. The van der Waals surface area contributed by atoms with Gasteiger partial charge in [-0.25, -0.2) is 13.2 Å². The Bertz CT molecular complexity index is 395. The molecule has 0 saturated heterocycles. The van der Waals surface area contributed by atoms with Gasteiger partial charge in [-0.1, -0.05) is 0 Å². The summed E-state index contributed by atoms with van der Waals surface area (Å²) in [7, 11) is 0. The highest BCUT2D eigenvalue weighted by Gasteiger charge is 2.14. The van der Waals surface area contributed by atoms with Crippen molar-refractivity contribution in [3.8, 4) is 11.8 Å². The fraction of sp³-hybridized carbons (Fsp3) is 0.273. The van der Waals surface area contributed by atoms with Crippen LogP contribution in [0.1, 0.15) is 25.0 Å². The summed E-state index contributed by atoms with van der Waals surface area (Å²) < 4.78 is 38.1. The van der Waals surface area contributed by atoms with E-state index in [1.165, 1.54) is 0 Å². The predicted octanol–water partition coefficient (Wildman–Crippen LogP) is 2.55. The van der Waals surface area contributed by atoms with Crippen LogP contribution in [0.3, 0.4) is 0 Å². The highest BCUT2D eigenvalue weighted by molar-refractivity contribution is 5.22. The Balaban J connectivity index is 2.98. The molecule has 0 bridgehead atoms. The Morgan fingerprint density at radius 1 is 1.27 bits per heavy atom. The topological polar surface area (TPSA) is 20.2 Å². The summed E-state index contributed by atoms with van der Waals surface area (Å²) >= 11 is 0. The van der Waals surface area contributed by atoms with Crippen LogP contribution in [0.15, 0.2) is 12.1 Å². The zero-order valence-corrected chi connectivity index (χ0v) is 8.02. The molecule has 0 saturated carbocycles. The number of halogens is 3. The van der Waals surface area contributed by atoms with E-state index in [9.17, 15) is 18.3 Å². The molecule has 1 aromatic carbocycles. The number of aliphatic hydroxyl groups excluding tert-OH is 1. The van der Waals surface area contributed by atoms with Gasteiger partial charge < -0.3 is 5.11 Å². The van der Waals surface area contributed by atoms with E-state index in [-0.39, 0.29) is 12.0 Å². The molecule has 4 heteroatoms. The predicted molar refractivity (Wildman–Crippen MR) is 49.3 cm³/mol. The summed E-state index contributed by atoms with van der Waals surface area (Å²) in [5.41, 5.74) is -0.0193. The van der Waals surface area contributed by atoms with Crippen LogP contribution in [0.25, 0.3) is 0 Å². The third kappa shape index (κ3) is 2.74. The molecule has 1 rings (SSSR count). The standard InChI is InChI=1S/C11H9F3O/c1-2-3-4-10(15)7-5-8(12)11(14)9(13)6-7/h5-6,10,15H,4H2,1H3. The van der Waals surface area contributed by atoms with Crippen LogP contribution >= 0.6 is 0 Å². The van der Waals surface area contributed by atoms with Crippen molar-refractivity contribution in [2.24, 2.45) is 0 Å². The van der Waals surface area contributed by atoms with E-state index in [4.69, 9.17) is 0 Å². The highest BCUT2D eigenvalue weighted by Crippen LogP contribution is 2.21. The SMILES string of the molecule is CC#CCC(O)c1cc(F)c(F)c(F)c1. The third-order valence-corrected chi connectivity index (χ3v) is 1.86. The molecule has 0 aromatic heterocycles. The lowest BCUT2D eigenvalue weighted by molar-refractivity contribution is 0.182. The van der Waals surface area contributed by atoms with Gasteiger partial charge in [-0.2, -0.15) is 0 Å². The summed E-state index contributed by atoms with van der Waals surface area (Å²) in [6.07, 6.45) is -1.05. The molecule has 0 spiro atoms. The fourth-order valence-corrected chi connectivity index (χ4v) is 1.08. The van der Waals surface area contributed by atoms with Crippen molar-refractivity contribution < 1.29 is 18.3 Å². The van der Waals surface area contributed by atoms with Crippen LogP contribution in [0.4, 0.5) is 13.2 Å². The first-order valence-electron chi connectivity index (χ1n) is 4.28. The first-order valence-corrected chi connectivity index (χ1v) is 4.28. The largest absolute Gasteiger partial charge is 0.387 e. The van der Waals surface area contributed by atoms with Gasteiger partial charge in [0.1, 0.15) is 0 Å². The van der Waals surface area contributed by atoms with Crippen molar-refractivity contribution in [3.63, 3.8) is 0 Å². The molecule has 15 heavy (non-hydrogen) atoms. The van der Waals surface area contributed by atoms with E-state index in [1.54, 1.807) is 6.92 Å². The summed E-state index contributed by atoms with van der Waals surface area (Å²) in [5.74, 6) is 0.941. The molecule has 1 atom stereocenters. The van der Waals surface area contributed by atoms with Crippen molar-refractivity contribution in [3.05, 3.63) is 35.1 Å². The highest BCUT2D eigenvalue weighted by atomic mass is 19.2. The van der Waals surface area contributed by atoms with Crippen LogP contribution in [0, 0.1) is 29.3 Å². The molecule has 0 aliphatic rings. The van der Waals surface area contributed by atoms with Gasteiger partial charge in [0.25, 0.3) is 0 Å². The minimum Gasteiger partial charge on any atom is -0.387 e. The Kier molecular flexibility index (Phi) is 3.75. The summed E-state index contributed by atoms with van der Waals surface area (Å²) in [6, 6.07) is 1.53. The molecule has 1 N–H and O–H groups in total. The number of benzene rings is 1. The Morgan fingerprint density at radius 2 is 1.80 bits per heavy atom. The molecule has 1 aromatic rings. The Hall–Kier alpha value is -1.47. The maximum absolute atomic E-state index is 12.8. The van der Waals surface area contributed by atoms with E-state index >= 15 is 0 Å². The second kappa shape index (κ2) is 4.85. The summed E-state index contributed by atoms with van der Waals surface area (Å²) in [6.45, 7) is 1.58. The smallest absolute Gasteiger partial charge is 0.194 e. The zero-order chi connectivity index (χ0) is 11.4. The molecule has 1 unspecified atom stereocenters. The quantitative estimate of drug-likeness (QED) is 0.592. The Morgan fingerprint density at radius 3 is 2.27 bits per heavy atom. The fourth-order valence-electron chi connectivity index (χ4n) is 1.08. The molecule has 0 aliphatic carbocycles. The number of aliphatic hydroxyl groups is 1. The van der Waals surface area contributed by atoms with Crippen molar-refractivity contribution in [2.75, 3.05) is 0 Å². The van der Waals surface area contributed by atoms with E-state index in [0.29, 0.717) is 0 Å². The van der Waals surface area contributed by atoms with Gasteiger partial charge in [0.05, 0.1) is 6.10 Å². The van der Waals surface area contributed by atoms with Crippen molar-refractivity contribution >= 4 is 0 Å². The van der Waals surface area contributed by atoms with Gasteiger partial charge in [0.15, 0.2) is 17.5 Å². The second-order valence-electron chi connectivity index (χ2n) is 2.95. The molecular formula is C11H9F3O. The molecule has 0 aliphatic heterocycles. The zero-order valence-electron chi connectivity index (χ0n) is 8.02. The molecule has 0 heterocycles. The average molecular weight is 214 g/mol. The molecular weight excluding hydrogens is 205 g/mol. The first-order chi connectivity index (χ1) is 7.06. The normalized spacial score (nSPS) is 11.8. The van der Waals surface area contributed by atoms with Gasteiger partial charge in [0, 0.05) is 6.42 Å². The lowest BCUT2D eigenvalue weighted by atomic mass is 10.1. The number of hydrogen-bond donors (Lipinski definition) is 1. The van der Waals surface area contributed by atoms with Crippen molar-refractivity contribution in [2.45, 2.75) is 19.4 Å². The van der Waals surface area contributed by atoms with Gasteiger partial charge in [-0.15, -0.1) is 11.8 Å². The van der Waals surface area contributed by atoms with Crippen LogP contribution in [-0.4, -0.2) is 5.11 Å². The van der Waals surface area contributed by atoms with Crippen LogP contribution in [0.5, 0.6) is 0 Å². The molecule has 80 valence electrons. The third-order valence-electron chi connectivity index (χ3n) is 1.86. The second-order valence-corrected chi connectivity index (χ2v) is 2.95. The van der Waals surface area contributed by atoms with E-state index < -0.39 is 23.6 Å².